The summed E-state index contributed by atoms with van der Waals surface area (Å²) in [5.41, 5.74) is 2.16. The predicted octanol–water partition coefficient (Wildman–Crippen LogP) is 1.63. The second-order valence-electron chi connectivity index (χ2n) is 4.76. The van der Waals surface area contributed by atoms with Gasteiger partial charge < -0.3 is 10.0 Å². The van der Waals surface area contributed by atoms with Crippen LogP contribution in [-0.4, -0.2) is 33.7 Å². The SMILES string of the molecule is O=C(O)CC1CN(C(=O)c2cn[nH]c2)c2ccccc21. The predicted molar refractivity (Wildman–Crippen MR) is 71.7 cm³/mol. The van der Waals surface area contributed by atoms with Crippen LogP contribution in [0.1, 0.15) is 28.3 Å². The van der Waals surface area contributed by atoms with Crippen LogP contribution < -0.4 is 4.90 Å². The van der Waals surface area contributed by atoms with Gasteiger partial charge in [0.1, 0.15) is 0 Å². The molecule has 2 N–H and O–H groups in total. The minimum Gasteiger partial charge on any atom is -0.481 e. The van der Waals surface area contributed by atoms with Crippen molar-refractivity contribution in [2.45, 2.75) is 12.3 Å². The van der Waals surface area contributed by atoms with Crippen molar-refractivity contribution in [1.82, 2.24) is 10.2 Å². The first kappa shape index (κ1) is 12.4. The maximum absolute atomic E-state index is 12.4. The number of rotatable bonds is 3. The van der Waals surface area contributed by atoms with Crippen LogP contribution >= 0.6 is 0 Å². The van der Waals surface area contributed by atoms with Gasteiger partial charge in [0.15, 0.2) is 0 Å². The van der Waals surface area contributed by atoms with Crippen LogP contribution in [0, 0.1) is 0 Å². The van der Waals surface area contributed by atoms with E-state index in [1.165, 1.54) is 12.4 Å². The third-order valence-corrected chi connectivity index (χ3v) is 3.48. The van der Waals surface area contributed by atoms with Crippen LogP contribution in [0.15, 0.2) is 36.7 Å². The zero-order chi connectivity index (χ0) is 14.1. The number of hydrogen-bond acceptors (Lipinski definition) is 3. The van der Waals surface area contributed by atoms with Crippen LogP contribution in [0.5, 0.6) is 0 Å². The van der Waals surface area contributed by atoms with Crippen molar-refractivity contribution < 1.29 is 14.7 Å². The number of aromatic amines is 1. The molecule has 0 fully saturated rings. The summed E-state index contributed by atoms with van der Waals surface area (Å²) in [6.07, 6.45) is 3.02. The number of carboxylic acid groups (broad SMARTS) is 1. The van der Waals surface area contributed by atoms with Crippen LogP contribution in [0.25, 0.3) is 0 Å². The number of aromatic nitrogens is 2. The highest BCUT2D eigenvalue weighted by atomic mass is 16.4. The molecule has 1 atom stereocenters. The highest BCUT2D eigenvalue weighted by Crippen LogP contribution is 2.38. The Labute approximate surface area is 115 Å². The van der Waals surface area contributed by atoms with Crippen LogP contribution in [0.4, 0.5) is 5.69 Å². The molecule has 20 heavy (non-hydrogen) atoms. The summed E-state index contributed by atoms with van der Waals surface area (Å²) in [5, 5.41) is 15.4. The Hall–Kier alpha value is -2.63. The third-order valence-electron chi connectivity index (χ3n) is 3.48. The number of carbonyl (C=O) groups excluding carboxylic acids is 1. The molecule has 0 saturated heterocycles. The van der Waals surface area contributed by atoms with Gasteiger partial charge in [0.05, 0.1) is 18.2 Å². The Morgan fingerprint density at radius 1 is 1.40 bits per heavy atom. The molecule has 102 valence electrons. The first-order valence-corrected chi connectivity index (χ1v) is 6.28. The van der Waals surface area contributed by atoms with E-state index in [2.05, 4.69) is 10.2 Å². The van der Waals surface area contributed by atoms with Crippen molar-refractivity contribution in [2.24, 2.45) is 0 Å². The number of para-hydroxylation sites is 1. The summed E-state index contributed by atoms with van der Waals surface area (Å²) in [4.78, 5) is 25.0. The first-order valence-electron chi connectivity index (χ1n) is 6.28. The van der Waals surface area contributed by atoms with Gasteiger partial charge in [-0.05, 0) is 11.6 Å². The fourth-order valence-electron chi connectivity index (χ4n) is 2.60. The van der Waals surface area contributed by atoms with Crippen molar-refractivity contribution in [1.29, 1.82) is 0 Å². The van der Waals surface area contributed by atoms with E-state index in [1.54, 1.807) is 4.90 Å². The minimum absolute atomic E-state index is 0.0200. The number of carbonyl (C=O) groups is 2. The molecular formula is C14H13N3O3. The van der Waals surface area contributed by atoms with E-state index in [0.717, 1.165) is 11.3 Å². The van der Waals surface area contributed by atoms with Crippen molar-refractivity contribution in [3.63, 3.8) is 0 Å². The number of aliphatic carboxylic acids is 1. The summed E-state index contributed by atoms with van der Waals surface area (Å²) in [5.74, 6) is -1.19. The molecule has 0 bridgehead atoms. The van der Waals surface area contributed by atoms with E-state index in [0.29, 0.717) is 12.1 Å². The van der Waals surface area contributed by atoms with Crippen LogP contribution in [0.3, 0.4) is 0 Å². The number of nitrogens with zero attached hydrogens (tertiary/aromatic N) is 2. The fourth-order valence-corrected chi connectivity index (χ4v) is 2.60. The van der Waals surface area contributed by atoms with Crippen LogP contribution in [-0.2, 0) is 4.79 Å². The van der Waals surface area contributed by atoms with E-state index in [1.807, 2.05) is 24.3 Å². The quantitative estimate of drug-likeness (QED) is 0.888. The van der Waals surface area contributed by atoms with Crippen molar-refractivity contribution in [3.8, 4) is 0 Å². The Kier molecular flexibility index (Phi) is 2.98. The number of carboxylic acids is 1. The molecule has 0 spiro atoms. The van der Waals surface area contributed by atoms with E-state index in [-0.39, 0.29) is 18.2 Å². The molecular weight excluding hydrogens is 258 g/mol. The molecule has 1 amide bonds. The van der Waals surface area contributed by atoms with Crippen molar-refractivity contribution in [3.05, 3.63) is 47.8 Å². The van der Waals surface area contributed by atoms with Crippen LogP contribution in [0.2, 0.25) is 0 Å². The number of anilines is 1. The highest BCUT2D eigenvalue weighted by Gasteiger charge is 2.33. The largest absolute Gasteiger partial charge is 0.481 e. The average Bonchev–Trinajstić information content (AvgIpc) is 3.06. The second-order valence-corrected chi connectivity index (χ2v) is 4.76. The zero-order valence-corrected chi connectivity index (χ0v) is 10.6. The molecule has 1 aromatic carbocycles. The van der Waals surface area contributed by atoms with Crippen molar-refractivity contribution in [2.75, 3.05) is 11.4 Å². The Bertz CT molecular complexity index is 651. The molecule has 3 rings (SSSR count). The van der Waals surface area contributed by atoms with E-state index in [9.17, 15) is 9.59 Å². The van der Waals surface area contributed by atoms with E-state index < -0.39 is 5.97 Å². The Morgan fingerprint density at radius 3 is 2.90 bits per heavy atom. The maximum Gasteiger partial charge on any atom is 0.304 e. The Balaban J connectivity index is 1.94. The molecule has 2 aromatic rings. The van der Waals surface area contributed by atoms with Crippen molar-refractivity contribution >= 4 is 17.6 Å². The standard InChI is InChI=1S/C14H13N3O3/c18-13(19)5-9-8-17(12-4-2-1-3-11(9)12)14(20)10-6-15-16-7-10/h1-4,6-7,9H,5,8H2,(H,15,16)(H,18,19). The fraction of sp³-hybridized carbons (Fsp3) is 0.214. The molecule has 1 aliphatic heterocycles. The summed E-state index contributed by atoms with van der Waals surface area (Å²) in [6.45, 7) is 0.385. The smallest absolute Gasteiger partial charge is 0.304 e. The maximum atomic E-state index is 12.4. The van der Waals surface area contributed by atoms with Gasteiger partial charge in [0, 0.05) is 24.3 Å². The first-order chi connectivity index (χ1) is 9.66. The molecule has 1 aromatic heterocycles. The molecule has 1 aliphatic rings. The van der Waals surface area contributed by atoms with Gasteiger partial charge in [-0.1, -0.05) is 18.2 Å². The topological polar surface area (TPSA) is 86.3 Å². The van der Waals surface area contributed by atoms with Gasteiger partial charge in [-0.2, -0.15) is 5.10 Å². The van der Waals surface area contributed by atoms with Gasteiger partial charge in [-0.15, -0.1) is 0 Å². The Morgan fingerprint density at radius 2 is 2.20 bits per heavy atom. The van der Waals surface area contributed by atoms with Gasteiger partial charge in [0.25, 0.3) is 5.91 Å². The lowest BCUT2D eigenvalue weighted by Gasteiger charge is -2.16. The van der Waals surface area contributed by atoms with Gasteiger partial charge in [-0.3, -0.25) is 14.7 Å². The molecule has 1 unspecified atom stereocenters. The molecule has 0 saturated carbocycles. The van der Waals surface area contributed by atoms with Gasteiger partial charge in [0.2, 0.25) is 0 Å². The number of H-pyrrole nitrogens is 1. The summed E-state index contributed by atoms with van der Waals surface area (Å²) in [6, 6.07) is 7.43. The number of nitrogens with one attached hydrogen (secondary N) is 1. The summed E-state index contributed by atoms with van der Waals surface area (Å²) < 4.78 is 0. The minimum atomic E-state index is -0.859. The number of benzene rings is 1. The zero-order valence-electron chi connectivity index (χ0n) is 10.6. The van der Waals surface area contributed by atoms with E-state index >= 15 is 0 Å². The number of hydrogen-bond donors (Lipinski definition) is 2. The molecule has 6 nitrogen and oxygen atoms in total. The molecule has 6 heteroatoms. The van der Waals surface area contributed by atoms with Gasteiger partial charge >= 0.3 is 5.97 Å². The van der Waals surface area contributed by atoms with E-state index in [4.69, 9.17) is 5.11 Å². The summed E-state index contributed by atoms with van der Waals surface area (Å²) >= 11 is 0. The summed E-state index contributed by atoms with van der Waals surface area (Å²) in [7, 11) is 0. The van der Waals surface area contributed by atoms with Gasteiger partial charge in [-0.25, -0.2) is 0 Å². The second kappa shape index (κ2) is 4.80. The lowest BCUT2D eigenvalue weighted by Crippen LogP contribution is -2.29. The lowest BCUT2D eigenvalue weighted by molar-refractivity contribution is -0.137. The highest BCUT2D eigenvalue weighted by molar-refractivity contribution is 6.07. The average molecular weight is 271 g/mol. The third kappa shape index (κ3) is 2.05. The number of amides is 1. The molecule has 0 aliphatic carbocycles. The molecule has 2 heterocycles. The monoisotopic (exact) mass is 271 g/mol. The molecule has 0 radical (unpaired) electrons. The lowest BCUT2D eigenvalue weighted by atomic mass is 9.98. The normalized spacial score (nSPS) is 17.0. The number of fused-ring (bicyclic) bond motifs is 1.